The predicted octanol–water partition coefficient (Wildman–Crippen LogP) is 7.69. The number of ketones is 1. The summed E-state index contributed by atoms with van der Waals surface area (Å²) in [5.74, 6) is -1.31. The van der Waals surface area contributed by atoms with E-state index in [4.69, 9.17) is 8.85 Å². The summed E-state index contributed by atoms with van der Waals surface area (Å²) < 4.78 is 13.4. The fraction of sp³-hybridized carbons (Fsp3) is 0.852. The second kappa shape index (κ2) is 11.5. The molecule has 5 nitrogen and oxygen atoms in total. The molecule has 0 aromatic heterocycles. The molecule has 34 heavy (non-hydrogen) atoms. The van der Waals surface area contributed by atoms with Crippen LogP contribution in [0, 0.1) is 17.3 Å². The van der Waals surface area contributed by atoms with Crippen LogP contribution in [-0.2, 0) is 18.4 Å². The highest BCUT2D eigenvalue weighted by Crippen LogP contribution is 2.43. The number of carboxylic acid groups (broad SMARTS) is 1. The molecule has 0 spiro atoms. The predicted molar refractivity (Wildman–Crippen MR) is 148 cm³/mol. The van der Waals surface area contributed by atoms with Gasteiger partial charge < -0.3 is 14.0 Å². The van der Waals surface area contributed by atoms with Gasteiger partial charge in [-0.05, 0) is 49.1 Å². The summed E-state index contributed by atoms with van der Waals surface area (Å²) in [4.78, 5) is 25.9. The average molecular weight is 515 g/mol. The molecule has 0 radical (unpaired) electrons. The Balaban J connectivity index is 6.32. The van der Waals surface area contributed by atoms with Gasteiger partial charge in [0.1, 0.15) is 5.78 Å². The standard InChI is InChI=1S/C27H54O5Si2/c1-16-17-19(2)23(32-34(14,15)26(7,8)9)20(3)24(30)27(10,11)21(18-22(28)29)31-33(12,13)25(4,5)6/h16-17,19-21,23H,18H2,1-15H3,(H,28,29)/b17-16+/t19?,20-,21-,23-/m1/s1. The molecule has 0 saturated carbocycles. The lowest BCUT2D eigenvalue weighted by Crippen LogP contribution is -2.54. The first-order valence-corrected chi connectivity index (χ1v) is 18.5. The maximum Gasteiger partial charge on any atom is 0.305 e. The number of aliphatic carboxylic acids is 1. The molecular formula is C27H54O5Si2. The van der Waals surface area contributed by atoms with Crippen LogP contribution in [0.25, 0.3) is 0 Å². The molecule has 4 atom stereocenters. The maximum atomic E-state index is 14.1. The quantitative estimate of drug-likeness (QED) is 0.213. The zero-order chi connectivity index (χ0) is 27.5. The van der Waals surface area contributed by atoms with Gasteiger partial charge in [0.25, 0.3) is 0 Å². The molecule has 0 aliphatic carbocycles. The smallest absolute Gasteiger partial charge is 0.305 e. The summed E-state index contributed by atoms with van der Waals surface area (Å²) in [5.41, 5.74) is -0.974. The van der Waals surface area contributed by atoms with E-state index in [2.05, 4.69) is 80.7 Å². The third-order valence-corrected chi connectivity index (χ3v) is 17.2. The molecule has 0 saturated heterocycles. The molecule has 0 aromatic carbocycles. The van der Waals surface area contributed by atoms with Crippen molar-refractivity contribution in [3.8, 4) is 0 Å². The molecule has 0 aliphatic heterocycles. The minimum Gasteiger partial charge on any atom is -0.481 e. The SMILES string of the molecule is C/C=C/C(C)[C@@H](O[Si](C)(C)C(C)(C)C)[C@@H](C)C(=O)C(C)(C)[C@@H](CC(=O)O)O[Si](C)(C)C(C)(C)C. The highest BCUT2D eigenvalue weighted by molar-refractivity contribution is 6.74. The highest BCUT2D eigenvalue weighted by atomic mass is 28.4. The zero-order valence-corrected chi connectivity index (χ0v) is 26.8. The number of carbonyl (C=O) groups is 2. The summed E-state index contributed by atoms with van der Waals surface area (Å²) in [7, 11) is -4.45. The Kier molecular flexibility index (Phi) is 11.3. The zero-order valence-electron chi connectivity index (χ0n) is 24.8. The second-order valence-corrected chi connectivity index (χ2v) is 23.1. The number of allylic oxidation sites excluding steroid dienone is 1. The van der Waals surface area contributed by atoms with Crippen molar-refractivity contribution in [2.45, 2.75) is 131 Å². The van der Waals surface area contributed by atoms with Crippen LogP contribution in [0.2, 0.25) is 36.3 Å². The molecular weight excluding hydrogens is 460 g/mol. The minimum absolute atomic E-state index is 0.00229. The molecule has 200 valence electrons. The van der Waals surface area contributed by atoms with E-state index in [1.165, 1.54) is 0 Å². The van der Waals surface area contributed by atoms with E-state index in [9.17, 15) is 14.7 Å². The normalized spacial score (nSPS) is 18.0. The largest absolute Gasteiger partial charge is 0.481 e. The topological polar surface area (TPSA) is 72.8 Å². The van der Waals surface area contributed by atoms with Crippen LogP contribution in [0.4, 0.5) is 0 Å². The molecule has 0 aliphatic rings. The van der Waals surface area contributed by atoms with Crippen molar-refractivity contribution in [1.29, 1.82) is 0 Å². The first-order valence-electron chi connectivity index (χ1n) is 12.7. The average Bonchev–Trinajstić information content (AvgIpc) is 2.62. The Bertz CT molecular complexity index is 726. The van der Waals surface area contributed by atoms with Gasteiger partial charge in [-0.2, -0.15) is 0 Å². The van der Waals surface area contributed by atoms with Gasteiger partial charge in [-0.3, -0.25) is 9.59 Å². The molecule has 1 N–H and O–H groups in total. The van der Waals surface area contributed by atoms with Crippen molar-refractivity contribution in [3.63, 3.8) is 0 Å². The summed E-state index contributed by atoms with van der Waals surface area (Å²) in [5, 5.41) is 9.59. The summed E-state index contributed by atoms with van der Waals surface area (Å²) in [6, 6.07) is 0. The van der Waals surface area contributed by atoms with Crippen LogP contribution in [0.3, 0.4) is 0 Å². The van der Waals surface area contributed by atoms with Gasteiger partial charge in [0.2, 0.25) is 0 Å². The van der Waals surface area contributed by atoms with Crippen LogP contribution in [0.5, 0.6) is 0 Å². The second-order valence-electron chi connectivity index (χ2n) is 13.6. The number of hydrogen-bond acceptors (Lipinski definition) is 4. The van der Waals surface area contributed by atoms with Crippen molar-refractivity contribution in [3.05, 3.63) is 12.2 Å². The third kappa shape index (κ3) is 8.42. The van der Waals surface area contributed by atoms with Gasteiger partial charge in [-0.25, -0.2) is 0 Å². The lowest BCUT2D eigenvalue weighted by Gasteiger charge is -2.46. The van der Waals surface area contributed by atoms with Gasteiger partial charge in [0.15, 0.2) is 16.6 Å². The fourth-order valence-corrected chi connectivity index (χ4v) is 6.52. The number of carboxylic acids is 1. The number of rotatable bonds is 12. The van der Waals surface area contributed by atoms with Crippen molar-refractivity contribution in [2.75, 3.05) is 0 Å². The summed E-state index contributed by atoms with van der Waals surface area (Å²) in [6.07, 6.45) is 2.91. The molecule has 0 aromatic rings. The Labute approximate surface area is 212 Å². The Morgan fingerprint density at radius 1 is 0.853 bits per heavy atom. The van der Waals surface area contributed by atoms with E-state index in [1.807, 2.05) is 33.8 Å². The summed E-state index contributed by atoms with van der Waals surface area (Å²) in [6.45, 7) is 31.3. The van der Waals surface area contributed by atoms with Crippen LogP contribution in [0.15, 0.2) is 12.2 Å². The minimum atomic E-state index is -2.30. The summed E-state index contributed by atoms with van der Waals surface area (Å²) >= 11 is 0. The van der Waals surface area contributed by atoms with E-state index < -0.39 is 40.0 Å². The fourth-order valence-electron chi connectivity index (χ4n) is 3.62. The Morgan fingerprint density at radius 2 is 1.26 bits per heavy atom. The molecule has 0 amide bonds. The third-order valence-electron chi connectivity index (χ3n) is 8.20. The first-order chi connectivity index (χ1) is 14.9. The lowest BCUT2D eigenvalue weighted by molar-refractivity contribution is -0.146. The van der Waals surface area contributed by atoms with Crippen LogP contribution in [-0.4, -0.2) is 45.7 Å². The first kappa shape index (κ1) is 33.2. The van der Waals surface area contributed by atoms with Gasteiger partial charge in [0.05, 0.1) is 18.6 Å². The van der Waals surface area contributed by atoms with E-state index >= 15 is 0 Å². The van der Waals surface area contributed by atoms with E-state index in [-0.39, 0.29) is 34.3 Å². The number of hydrogen-bond donors (Lipinski definition) is 1. The van der Waals surface area contributed by atoms with Crippen LogP contribution in [0.1, 0.15) is 82.6 Å². The Morgan fingerprint density at radius 3 is 1.62 bits per heavy atom. The highest BCUT2D eigenvalue weighted by Gasteiger charge is 2.49. The maximum absolute atomic E-state index is 14.1. The molecule has 0 rings (SSSR count). The van der Waals surface area contributed by atoms with Gasteiger partial charge >= 0.3 is 5.97 Å². The van der Waals surface area contributed by atoms with E-state index in [0.717, 1.165) is 0 Å². The monoisotopic (exact) mass is 514 g/mol. The molecule has 1 unspecified atom stereocenters. The van der Waals surface area contributed by atoms with Gasteiger partial charge in [0, 0.05) is 11.3 Å². The van der Waals surface area contributed by atoms with Gasteiger partial charge in [-0.1, -0.05) is 81.4 Å². The van der Waals surface area contributed by atoms with E-state index in [1.54, 1.807) is 0 Å². The van der Waals surface area contributed by atoms with Crippen LogP contribution < -0.4 is 0 Å². The number of carbonyl (C=O) groups excluding carboxylic acids is 1. The molecule has 0 fully saturated rings. The lowest BCUT2D eigenvalue weighted by atomic mass is 9.73. The molecule has 0 bridgehead atoms. The van der Waals surface area contributed by atoms with Crippen molar-refractivity contribution in [2.24, 2.45) is 17.3 Å². The van der Waals surface area contributed by atoms with Gasteiger partial charge in [-0.15, -0.1) is 0 Å². The van der Waals surface area contributed by atoms with E-state index in [0.29, 0.717) is 0 Å². The Hall–Kier alpha value is -0.766. The molecule has 0 heterocycles. The van der Waals surface area contributed by atoms with Crippen molar-refractivity contribution in [1.82, 2.24) is 0 Å². The van der Waals surface area contributed by atoms with Crippen molar-refractivity contribution < 1.29 is 23.5 Å². The molecule has 7 heteroatoms. The van der Waals surface area contributed by atoms with Crippen LogP contribution >= 0.6 is 0 Å². The number of Topliss-reactive ketones (excluding diaryl/α,β-unsaturated/α-hetero) is 1. The van der Waals surface area contributed by atoms with Crippen molar-refractivity contribution >= 4 is 28.4 Å².